The van der Waals surface area contributed by atoms with E-state index in [0.29, 0.717) is 5.56 Å². The number of hydrogen-bond acceptors (Lipinski definition) is 4. The molecule has 1 aromatic carbocycles. The highest BCUT2D eigenvalue weighted by molar-refractivity contribution is 7.86. The molecule has 1 atom stereocenters. The zero-order valence-electron chi connectivity index (χ0n) is 9.80. The lowest BCUT2D eigenvalue weighted by Gasteiger charge is -2.13. The van der Waals surface area contributed by atoms with Crippen LogP contribution >= 0.6 is 0 Å². The van der Waals surface area contributed by atoms with E-state index in [1.54, 1.807) is 19.1 Å². The van der Waals surface area contributed by atoms with Gasteiger partial charge in [0.2, 0.25) is 0 Å². The summed E-state index contributed by atoms with van der Waals surface area (Å²) >= 11 is 0. The Balaban J connectivity index is 3.26. The van der Waals surface area contributed by atoms with Crippen LogP contribution in [-0.4, -0.2) is 25.7 Å². The van der Waals surface area contributed by atoms with Crippen molar-refractivity contribution in [2.24, 2.45) is 0 Å². The molecule has 0 radical (unpaired) electrons. The first-order valence-electron chi connectivity index (χ1n) is 4.93. The van der Waals surface area contributed by atoms with Crippen molar-refractivity contribution in [1.82, 2.24) is 0 Å². The zero-order chi connectivity index (χ0) is 13.2. The summed E-state index contributed by atoms with van der Waals surface area (Å²) in [7, 11) is -3.67. The molecule has 5 nitrogen and oxygen atoms in total. The van der Waals surface area contributed by atoms with Crippen molar-refractivity contribution in [2.75, 3.05) is 6.26 Å². The van der Waals surface area contributed by atoms with Gasteiger partial charge in [0.05, 0.1) is 12.2 Å². The average Bonchev–Trinajstić information content (AvgIpc) is 2.14. The SMILES string of the molecule is Cc1ccc([C@H](C)C(=O)O)c(OS(C)(=O)=O)c1. The molecule has 0 aliphatic carbocycles. The van der Waals surface area contributed by atoms with Crippen LogP contribution < -0.4 is 4.18 Å². The van der Waals surface area contributed by atoms with Gasteiger partial charge in [-0.2, -0.15) is 8.42 Å². The summed E-state index contributed by atoms with van der Waals surface area (Å²) in [6, 6.07) is 4.79. The van der Waals surface area contributed by atoms with Gasteiger partial charge in [-0.25, -0.2) is 0 Å². The van der Waals surface area contributed by atoms with E-state index in [2.05, 4.69) is 0 Å². The molecule has 0 saturated heterocycles. The number of carbonyl (C=O) groups is 1. The summed E-state index contributed by atoms with van der Waals surface area (Å²) in [4.78, 5) is 10.9. The molecule has 0 aromatic heterocycles. The minimum absolute atomic E-state index is 0.0717. The van der Waals surface area contributed by atoms with Gasteiger partial charge in [-0.15, -0.1) is 0 Å². The molecule has 0 amide bonds. The third kappa shape index (κ3) is 3.74. The highest BCUT2D eigenvalue weighted by atomic mass is 32.2. The summed E-state index contributed by atoms with van der Waals surface area (Å²) < 4.78 is 27.0. The standard InChI is InChI=1S/C11H14O5S/c1-7-4-5-9(8(2)11(12)13)10(6-7)16-17(3,14)15/h4-6,8H,1-3H3,(H,12,13)/t8-/m0/s1. The van der Waals surface area contributed by atoms with Gasteiger partial charge in [0, 0.05) is 5.56 Å². The van der Waals surface area contributed by atoms with Gasteiger partial charge in [-0.05, 0) is 25.5 Å². The van der Waals surface area contributed by atoms with Gasteiger partial charge < -0.3 is 9.29 Å². The van der Waals surface area contributed by atoms with Crippen molar-refractivity contribution in [3.63, 3.8) is 0 Å². The average molecular weight is 258 g/mol. The summed E-state index contributed by atoms with van der Waals surface area (Å²) in [6.07, 6.45) is 0.921. The number of hydrogen-bond donors (Lipinski definition) is 1. The van der Waals surface area contributed by atoms with Gasteiger partial charge >= 0.3 is 16.1 Å². The predicted molar refractivity (Wildman–Crippen MR) is 62.7 cm³/mol. The van der Waals surface area contributed by atoms with Gasteiger partial charge in [-0.3, -0.25) is 4.79 Å². The normalized spacial score (nSPS) is 13.1. The van der Waals surface area contributed by atoms with Crippen molar-refractivity contribution in [1.29, 1.82) is 0 Å². The lowest BCUT2D eigenvalue weighted by atomic mass is 9.99. The Morgan fingerprint density at radius 2 is 2.00 bits per heavy atom. The summed E-state index contributed by atoms with van der Waals surface area (Å²) in [5, 5.41) is 8.92. The maximum atomic E-state index is 11.1. The van der Waals surface area contributed by atoms with E-state index >= 15 is 0 Å². The Morgan fingerprint density at radius 1 is 1.41 bits per heavy atom. The van der Waals surface area contributed by atoms with Crippen LogP contribution in [0.1, 0.15) is 24.0 Å². The molecular weight excluding hydrogens is 244 g/mol. The van der Waals surface area contributed by atoms with Crippen LogP contribution in [0.4, 0.5) is 0 Å². The molecule has 1 aromatic rings. The third-order valence-corrected chi connectivity index (χ3v) is 2.73. The monoisotopic (exact) mass is 258 g/mol. The van der Waals surface area contributed by atoms with E-state index < -0.39 is 22.0 Å². The summed E-state index contributed by atoms with van der Waals surface area (Å²) in [5.74, 6) is -1.79. The number of benzene rings is 1. The minimum atomic E-state index is -3.67. The fourth-order valence-corrected chi connectivity index (χ4v) is 1.84. The Hall–Kier alpha value is -1.56. The minimum Gasteiger partial charge on any atom is -0.481 e. The van der Waals surface area contributed by atoms with E-state index in [1.807, 2.05) is 0 Å². The maximum absolute atomic E-state index is 11.1. The lowest BCUT2D eigenvalue weighted by Crippen LogP contribution is -2.12. The van der Waals surface area contributed by atoms with Gasteiger partial charge in [0.1, 0.15) is 5.75 Å². The molecule has 1 rings (SSSR count). The molecule has 0 spiro atoms. The first-order valence-corrected chi connectivity index (χ1v) is 6.75. The second-order valence-electron chi connectivity index (χ2n) is 3.89. The van der Waals surface area contributed by atoms with Crippen LogP contribution in [0.25, 0.3) is 0 Å². The van der Waals surface area contributed by atoms with E-state index in [1.165, 1.54) is 13.0 Å². The molecular formula is C11H14O5S. The zero-order valence-corrected chi connectivity index (χ0v) is 10.6. The van der Waals surface area contributed by atoms with Gasteiger partial charge in [0.15, 0.2) is 0 Å². The molecule has 0 heterocycles. The predicted octanol–water partition coefficient (Wildman–Crippen LogP) is 1.52. The molecule has 0 aliphatic rings. The van der Waals surface area contributed by atoms with Crippen LogP contribution in [0, 0.1) is 6.92 Å². The quantitative estimate of drug-likeness (QED) is 0.828. The number of rotatable bonds is 4. The van der Waals surface area contributed by atoms with E-state index in [4.69, 9.17) is 9.29 Å². The van der Waals surface area contributed by atoms with Crippen LogP contribution in [0.2, 0.25) is 0 Å². The molecule has 0 fully saturated rings. The molecule has 0 saturated carbocycles. The first-order chi connectivity index (χ1) is 7.70. The largest absolute Gasteiger partial charge is 0.481 e. The fourth-order valence-electron chi connectivity index (χ4n) is 1.37. The highest BCUT2D eigenvalue weighted by Crippen LogP contribution is 2.28. The Labute approximate surface area is 100 Å². The van der Waals surface area contributed by atoms with Crippen LogP contribution in [0.5, 0.6) is 5.75 Å². The van der Waals surface area contributed by atoms with E-state index in [-0.39, 0.29) is 5.75 Å². The molecule has 0 aliphatic heterocycles. The van der Waals surface area contributed by atoms with Gasteiger partial charge in [-0.1, -0.05) is 12.1 Å². The second kappa shape index (κ2) is 4.75. The van der Waals surface area contributed by atoms with Crippen LogP contribution in [0.3, 0.4) is 0 Å². The van der Waals surface area contributed by atoms with Crippen molar-refractivity contribution in [3.8, 4) is 5.75 Å². The molecule has 17 heavy (non-hydrogen) atoms. The topological polar surface area (TPSA) is 80.7 Å². The fraction of sp³-hybridized carbons (Fsp3) is 0.364. The molecule has 0 unspecified atom stereocenters. The van der Waals surface area contributed by atoms with Gasteiger partial charge in [0.25, 0.3) is 0 Å². The second-order valence-corrected chi connectivity index (χ2v) is 5.46. The molecule has 1 N–H and O–H groups in total. The molecule has 0 bridgehead atoms. The first kappa shape index (κ1) is 13.5. The Bertz CT molecular complexity index is 533. The lowest BCUT2D eigenvalue weighted by molar-refractivity contribution is -0.138. The highest BCUT2D eigenvalue weighted by Gasteiger charge is 2.20. The molecule has 94 valence electrons. The summed E-state index contributed by atoms with van der Waals surface area (Å²) in [6.45, 7) is 3.24. The number of carboxylic acid groups (broad SMARTS) is 1. The smallest absolute Gasteiger partial charge is 0.310 e. The van der Waals surface area contributed by atoms with E-state index in [9.17, 15) is 13.2 Å². The van der Waals surface area contributed by atoms with Crippen LogP contribution in [-0.2, 0) is 14.9 Å². The van der Waals surface area contributed by atoms with Crippen molar-refractivity contribution in [3.05, 3.63) is 29.3 Å². The van der Waals surface area contributed by atoms with Crippen molar-refractivity contribution < 1.29 is 22.5 Å². The van der Waals surface area contributed by atoms with Crippen LogP contribution in [0.15, 0.2) is 18.2 Å². The number of aryl methyl sites for hydroxylation is 1. The third-order valence-electron chi connectivity index (χ3n) is 2.25. The summed E-state index contributed by atoms with van der Waals surface area (Å²) in [5.41, 5.74) is 1.14. The van der Waals surface area contributed by atoms with Crippen molar-refractivity contribution in [2.45, 2.75) is 19.8 Å². The Morgan fingerprint density at radius 3 is 2.47 bits per heavy atom. The van der Waals surface area contributed by atoms with Crippen molar-refractivity contribution >= 4 is 16.1 Å². The molecule has 6 heteroatoms. The number of carboxylic acids is 1. The Kier molecular flexibility index (Phi) is 3.77. The maximum Gasteiger partial charge on any atom is 0.310 e. The number of aliphatic carboxylic acids is 1. The van der Waals surface area contributed by atoms with E-state index in [0.717, 1.165) is 11.8 Å².